The van der Waals surface area contributed by atoms with Crippen molar-refractivity contribution in [2.75, 3.05) is 6.16 Å². The molecule has 0 aliphatic carbocycles. The summed E-state index contributed by atoms with van der Waals surface area (Å²) in [6, 6.07) is 7.27. The van der Waals surface area contributed by atoms with Crippen LogP contribution < -0.4 is 0 Å². The van der Waals surface area contributed by atoms with Gasteiger partial charge in [0.25, 0.3) is 0 Å². The normalized spacial score (nSPS) is 15.0. The fourth-order valence-electron chi connectivity index (χ4n) is 2.22. The topological polar surface area (TPSA) is 112 Å². The zero-order valence-electron chi connectivity index (χ0n) is 12.4. The van der Waals surface area contributed by atoms with Crippen molar-refractivity contribution in [3.63, 3.8) is 0 Å². The van der Waals surface area contributed by atoms with Crippen LogP contribution in [0.25, 0.3) is 0 Å². The molecule has 0 spiro atoms. The van der Waals surface area contributed by atoms with Gasteiger partial charge in [0, 0.05) is 18.7 Å². The molecule has 0 aliphatic heterocycles. The molecule has 1 rings (SSSR count). The Morgan fingerprint density at radius 2 is 1.91 bits per heavy atom. The summed E-state index contributed by atoms with van der Waals surface area (Å²) in [6.07, 6.45) is -0.417. The summed E-state index contributed by atoms with van der Waals surface area (Å²) in [6.45, 7) is 1.89. The largest absolute Gasteiger partial charge is 0.481 e. The fourth-order valence-corrected chi connectivity index (χ4v) is 3.86. The number of hydrogen-bond acceptors (Lipinski definition) is 3. The molecule has 0 fully saturated rings. The Kier molecular flexibility index (Phi) is 6.78. The Morgan fingerprint density at radius 3 is 2.45 bits per heavy atom. The van der Waals surface area contributed by atoms with Gasteiger partial charge in [-0.05, 0) is 25.3 Å². The van der Waals surface area contributed by atoms with Crippen LogP contribution in [0.1, 0.15) is 30.4 Å². The van der Waals surface area contributed by atoms with Crippen LogP contribution in [0.3, 0.4) is 0 Å². The Hall–Kier alpha value is -1.65. The van der Waals surface area contributed by atoms with Gasteiger partial charge < -0.3 is 15.1 Å². The van der Waals surface area contributed by atoms with E-state index in [-0.39, 0.29) is 31.6 Å². The van der Waals surface area contributed by atoms with Gasteiger partial charge in [-0.2, -0.15) is 0 Å². The van der Waals surface area contributed by atoms with Crippen molar-refractivity contribution in [3.05, 3.63) is 35.4 Å². The van der Waals surface area contributed by atoms with Gasteiger partial charge in [0.2, 0.25) is 7.37 Å². The molecule has 0 bridgehead atoms. The molecule has 0 radical (unpaired) electrons. The Bertz CT molecular complexity index is 583. The first-order chi connectivity index (χ1) is 10.2. The van der Waals surface area contributed by atoms with E-state index in [0.29, 0.717) is 0 Å². The third-order valence-corrected chi connectivity index (χ3v) is 5.21. The van der Waals surface area contributed by atoms with Crippen LogP contribution in [0.5, 0.6) is 0 Å². The summed E-state index contributed by atoms with van der Waals surface area (Å²) in [5, 5.41) is 17.6. The zero-order valence-corrected chi connectivity index (χ0v) is 13.3. The summed E-state index contributed by atoms with van der Waals surface area (Å²) >= 11 is 0. The molecule has 0 saturated carbocycles. The van der Waals surface area contributed by atoms with Crippen LogP contribution in [-0.4, -0.2) is 33.2 Å². The lowest BCUT2D eigenvalue weighted by atomic mass is 10.0. The molecule has 0 aliphatic rings. The maximum Gasteiger partial charge on any atom is 0.306 e. The zero-order chi connectivity index (χ0) is 16.8. The number of carboxylic acids is 2. The average Bonchev–Trinajstić information content (AvgIpc) is 2.37. The van der Waals surface area contributed by atoms with Crippen molar-refractivity contribution in [1.29, 1.82) is 0 Å². The van der Waals surface area contributed by atoms with Crippen LogP contribution >= 0.6 is 7.37 Å². The smallest absolute Gasteiger partial charge is 0.306 e. The van der Waals surface area contributed by atoms with E-state index in [9.17, 15) is 19.0 Å². The van der Waals surface area contributed by atoms with E-state index in [2.05, 4.69) is 0 Å². The molecule has 0 saturated heterocycles. The highest BCUT2D eigenvalue weighted by Crippen LogP contribution is 2.46. The molecule has 6 nitrogen and oxygen atoms in total. The predicted octanol–water partition coefficient (Wildman–Crippen LogP) is 2.72. The maximum atomic E-state index is 12.2. The predicted molar refractivity (Wildman–Crippen MR) is 82.2 cm³/mol. The Morgan fingerprint density at radius 1 is 1.23 bits per heavy atom. The first-order valence-corrected chi connectivity index (χ1v) is 9.03. The molecule has 2 unspecified atom stereocenters. The minimum absolute atomic E-state index is 0.0000500. The first kappa shape index (κ1) is 18.4. The number of carboxylic acid groups (broad SMARTS) is 2. The lowest BCUT2D eigenvalue weighted by molar-refractivity contribution is -0.143. The highest BCUT2D eigenvalue weighted by atomic mass is 31.2. The van der Waals surface area contributed by atoms with Crippen molar-refractivity contribution in [2.24, 2.45) is 5.92 Å². The van der Waals surface area contributed by atoms with E-state index in [1.54, 1.807) is 12.1 Å². The van der Waals surface area contributed by atoms with Crippen molar-refractivity contribution in [3.8, 4) is 0 Å². The second-order valence-corrected chi connectivity index (χ2v) is 7.93. The van der Waals surface area contributed by atoms with E-state index in [1.807, 2.05) is 19.1 Å². The lowest BCUT2D eigenvalue weighted by Gasteiger charge is -2.15. The van der Waals surface area contributed by atoms with Gasteiger partial charge in [-0.3, -0.25) is 14.2 Å². The molecule has 0 amide bonds. The third-order valence-electron chi connectivity index (χ3n) is 3.39. The van der Waals surface area contributed by atoms with Gasteiger partial charge in [-0.1, -0.05) is 29.8 Å². The second-order valence-electron chi connectivity index (χ2n) is 5.47. The van der Waals surface area contributed by atoms with E-state index in [0.717, 1.165) is 11.1 Å². The van der Waals surface area contributed by atoms with Crippen molar-refractivity contribution < 1.29 is 29.3 Å². The molecule has 2 atom stereocenters. The Labute approximate surface area is 129 Å². The standard InChI is InChI=1S/C15H21O6P/c1-11-3-2-4-12(9-11)10-22(20,21)8-7-13(15(18)19)5-6-14(16)17/h2-4,9,13H,5-8,10H2,1H3,(H,16,17)(H,18,19)(H,20,21). The minimum Gasteiger partial charge on any atom is -0.481 e. The summed E-state index contributed by atoms with van der Waals surface area (Å²) in [5.74, 6) is -3.11. The fraction of sp³-hybridized carbons (Fsp3) is 0.467. The van der Waals surface area contributed by atoms with E-state index < -0.39 is 25.2 Å². The molecule has 1 aromatic carbocycles. The molecule has 3 N–H and O–H groups in total. The second kappa shape index (κ2) is 8.11. The SMILES string of the molecule is Cc1cccc(CP(=O)(O)CCC(CCC(=O)O)C(=O)O)c1. The lowest BCUT2D eigenvalue weighted by Crippen LogP contribution is -2.17. The minimum atomic E-state index is -3.49. The van der Waals surface area contributed by atoms with Crippen LogP contribution in [0, 0.1) is 12.8 Å². The quantitative estimate of drug-likeness (QED) is 0.601. The van der Waals surface area contributed by atoms with Crippen LogP contribution in [0.15, 0.2) is 24.3 Å². The molecule has 122 valence electrons. The van der Waals surface area contributed by atoms with Gasteiger partial charge in [0.05, 0.1) is 5.92 Å². The summed E-state index contributed by atoms with van der Waals surface area (Å²) in [5.41, 5.74) is 1.73. The monoisotopic (exact) mass is 328 g/mol. The summed E-state index contributed by atoms with van der Waals surface area (Å²) < 4.78 is 12.2. The van der Waals surface area contributed by atoms with Crippen LogP contribution in [0.4, 0.5) is 0 Å². The van der Waals surface area contributed by atoms with Crippen LogP contribution in [0.2, 0.25) is 0 Å². The molecular weight excluding hydrogens is 307 g/mol. The van der Waals surface area contributed by atoms with Crippen LogP contribution in [-0.2, 0) is 20.3 Å². The van der Waals surface area contributed by atoms with Gasteiger partial charge in [0.1, 0.15) is 0 Å². The molecule has 1 aromatic rings. The molecule has 7 heteroatoms. The van der Waals surface area contributed by atoms with E-state index in [1.165, 1.54) is 0 Å². The number of aryl methyl sites for hydroxylation is 1. The van der Waals surface area contributed by atoms with E-state index >= 15 is 0 Å². The number of carbonyl (C=O) groups is 2. The highest BCUT2D eigenvalue weighted by molar-refractivity contribution is 7.57. The number of benzene rings is 1. The van der Waals surface area contributed by atoms with Crippen molar-refractivity contribution in [2.45, 2.75) is 32.3 Å². The number of hydrogen-bond donors (Lipinski definition) is 3. The molecular formula is C15H21O6P. The van der Waals surface area contributed by atoms with Gasteiger partial charge in [0.15, 0.2) is 0 Å². The molecule has 0 aromatic heterocycles. The van der Waals surface area contributed by atoms with Crippen molar-refractivity contribution >= 4 is 19.3 Å². The summed E-state index contributed by atoms with van der Waals surface area (Å²) in [4.78, 5) is 31.6. The van der Waals surface area contributed by atoms with Crippen molar-refractivity contribution in [1.82, 2.24) is 0 Å². The van der Waals surface area contributed by atoms with Gasteiger partial charge in [-0.15, -0.1) is 0 Å². The van der Waals surface area contributed by atoms with Gasteiger partial charge in [-0.25, -0.2) is 0 Å². The molecule has 22 heavy (non-hydrogen) atoms. The summed E-state index contributed by atoms with van der Waals surface area (Å²) in [7, 11) is -3.49. The molecule has 0 heterocycles. The maximum absolute atomic E-state index is 12.2. The van der Waals surface area contributed by atoms with E-state index in [4.69, 9.17) is 10.2 Å². The number of aliphatic carboxylic acids is 2. The number of rotatable bonds is 9. The first-order valence-electron chi connectivity index (χ1n) is 7.00. The Balaban J connectivity index is 2.60. The van der Waals surface area contributed by atoms with Gasteiger partial charge >= 0.3 is 11.9 Å². The average molecular weight is 328 g/mol. The highest BCUT2D eigenvalue weighted by Gasteiger charge is 2.25. The third kappa shape index (κ3) is 6.87.